The van der Waals surface area contributed by atoms with Gasteiger partial charge in [0.1, 0.15) is 0 Å². The number of allylic oxidation sites excluding steroid dienone is 2. The second kappa shape index (κ2) is 6.62. The van der Waals surface area contributed by atoms with E-state index in [0.717, 1.165) is 25.8 Å². The highest BCUT2D eigenvalue weighted by Gasteiger charge is 2.18. The SMILES string of the molecule is CCCN(CCO)C(=O)CC1C=CCC1. The third kappa shape index (κ3) is 4.04. The number of nitrogens with zero attached hydrogens (tertiary/aromatic N) is 1. The van der Waals surface area contributed by atoms with E-state index in [2.05, 4.69) is 12.2 Å². The van der Waals surface area contributed by atoms with Gasteiger partial charge < -0.3 is 10.0 Å². The highest BCUT2D eigenvalue weighted by Crippen LogP contribution is 2.21. The Hall–Kier alpha value is -0.830. The van der Waals surface area contributed by atoms with Crippen LogP contribution in [0.25, 0.3) is 0 Å². The molecule has 3 nitrogen and oxygen atoms in total. The number of carbonyl (C=O) groups is 1. The van der Waals surface area contributed by atoms with Crippen molar-refractivity contribution in [2.75, 3.05) is 19.7 Å². The fraction of sp³-hybridized carbons (Fsp3) is 0.750. The summed E-state index contributed by atoms with van der Waals surface area (Å²) in [5.74, 6) is 0.609. The molecule has 1 aliphatic rings. The van der Waals surface area contributed by atoms with Crippen LogP contribution >= 0.6 is 0 Å². The molecule has 0 saturated carbocycles. The predicted octanol–water partition coefficient (Wildman–Crippen LogP) is 1.57. The van der Waals surface area contributed by atoms with E-state index in [1.807, 2.05) is 6.92 Å². The van der Waals surface area contributed by atoms with Gasteiger partial charge in [0, 0.05) is 19.5 Å². The second-order valence-electron chi connectivity index (χ2n) is 4.07. The number of hydrogen-bond donors (Lipinski definition) is 1. The number of amides is 1. The lowest BCUT2D eigenvalue weighted by molar-refractivity contribution is -0.132. The van der Waals surface area contributed by atoms with Gasteiger partial charge in [-0.05, 0) is 25.2 Å². The summed E-state index contributed by atoms with van der Waals surface area (Å²) in [5.41, 5.74) is 0. The Bertz CT molecular complexity index is 220. The summed E-state index contributed by atoms with van der Waals surface area (Å²) >= 11 is 0. The van der Waals surface area contributed by atoms with Crippen LogP contribution in [-0.4, -0.2) is 35.6 Å². The van der Waals surface area contributed by atoms with Gasteiger partial charge in [0.15, 0.2) is 0 Å². The molecule has 0 bridgehead atoms. The second-order valence-corrected chi connectivity index (χ2v) is 4.07. The van der Waals surface area contributed by atoms with Crippen LogP contribution in [0.4, 0.5) is 0 Å². The molecule has 0 aromatic carbocycles. The highest BCUT2D eigenvalue weighted by molar-refractivity contribution is 5.76. The van der Waals surface area contributed by atoms with Crippen LogP contribution in [0.3, 0.4) is 0 Å². The summed E-state index contributed by atoms with van der Waals surface area (Å²) in [6.45, 7) is 3.35. The maximum Gasteiger partial charge on any atom is 0.223 e. The van der Waals surface area contributed by atoms with Crippen LogP contribution in [0, 0.1) is 5.92 Å². The zero-order chi connectivity index (χ0) is 11.1. The van der Waals surface area contributed by atoms with E-state index in [9.17, 15) is 4.79 Å². The van der Waals surface area contributed by atoms with E-state index in [-0.39, 0.29) is 12.5 Å². The van der Waals surface area contributed by atoms with E-state index >= 15 is 0 Å². The van der Waals surface area contributed by atoms with Gasteiger partial charge in [0.2, 0.25) is 5.91 Å². The van der Waals surface area contributed by atoms with E-state index in [1.165, 1.54) is 0 Å². The highest BCUT2D eigenvalue weighted by atomic mass is 16.3. The van der Waals surface area contributed by atoms with Crippen LogP contribution in [0.15, 0.2) is 12.2 Å². The zero-order valence-corrected chi connectivity index (χ0v) is 9.48. The molecule has 1 atom stereocenters. The van der Waals surface area contributed by atoms with Crippen molar-refractivity contribution >= 4 is 5.91 Å². The van der Waals surface area contributed by atoms with Crippen molar-refractivity contribution in [3.05, 3.63) is 12.2 Å². The normalized spacial score (nSPS) is 19.5. The first-order valence-corrected chi connectivity index (χ1v) is 5.83. The molecule has 15 heavy (non-hydrogen) atoms. The monoisotopic (exact) mass is 211 g/mol. The molecule has 1 N–H and O–H groups in total. The lowest BCUT2D eigenvalue weighted by Crippen LogP contribution is -2.35. The molecule has 0 fully saturated rings. The number of hydrogen-bond acceptors (Lipinski definition) is 2. The van der Waals surface area contributed by atoms with Crippen LogP contribution in [0.5, 0.6) is 0 Å². The molecule has 0 radical (unpaired) electrons. The summed E-state index contributed by atoms with van der Waals surface area (Å²) in [4.78, 5) is 13.6. The fourth-order valence-corrected chi connectivity index (χ4v) is 1.97. The van der Waals surface area contributed by atoms with Crippen molar-refractivity contribution < 1.29 is 9.90 Å². The van der Waals surface area contributed by atoms with Crippen LogP contribution < -0.4 is 0 Å². The largest absolute Gasteiger partial charge is 0.395 e. The minimum absolute atomic E-state index is 0.0618. The molecule has 0 aromatic heterocycles. The smallest absolute Gasteiger partial charge is 0.223 e. The molecule has 0 aliphatic heterocycles. The maximum absolute atomic E-state index is 11.9. The van der Waals surface area contributed by atoms with Crippen LogP contribution in [-0.2, 0) is 4.79 Å². The first-order chi connectivity index (χ1) is 7.27. The quantitative estimate of drug-likeness (QED) is 0.677. The molecule has 0 heterocycles. The average Bonchev–Trinajstić information content (AvgIpc) is 2.70. The van der Waals surface area contributed by atoms with Crippen molar-refractivity contribution in [3.8, 4) is 0 Å². The van der Waals surface area contributed by atoms with Crippen molar-refractivity contribution in [1.29, 1.82) is 0 Å². The fourth-order valence-electron chi connectivity index (χ4n) is 1.97. The summed E-state index contributed by atoms with van der Waals surface area (Å²) in [6.07, 6.45) is 8.05. The Morgan fingerprint density at radius 3 is 2.87 bits per heavy atom. The van der Waals surface area contributed by atoms with E-state index in [4.69, 9.17) is 5.11 Å². The standard InChI is InChI=1S/C12H21NO2/c1-2-7-13(8-9-14)12(15)10-11-5-3-4-6-11/h3,5,11,14H,2,4,6-10H2,1H3. The Balaban J connectivity index is 2.36. The van der Waals surface area contributed by atoms with Gasteiger partial charge in [-0.15, -0.1) is 0 Å². The number of aliphatic hydroxyl groups excluding tert-OH is 1. The van der Waals surface area contributed by atoms with Crippen molar-refractivity contribution in [2.24, 2.45) is 5.92 Å². The van der Waals surface area contributed by atoms with E-state index in [0.29, 0.717) is 18.9 Å². The van der Waals surface area contributed by atoms with Crippen molar-refractivity contribution in [2.45, 2.75) is 32.6 Å². The number of aliphatic hydroxyl groups is 1. The van der Waals surface area contributed by atoms with Gasteiger partial charge in [0.25, 0.3) is 0 Å². The van der Waals surface area contributed by atoms with Gasteiger partial charge >= 0.3 is 0 Å². The lowest BCUT2D eigenvalue weighted by atomic mass is 10.0. The molecule has 0 spiro atoms. The Kier molecular flexibility index (Phi) is 5.40. The predicted molar refractivity (Wildman–Crippen MR) is 60.4 cm³/mol. The molecule has 1 rings (SSSR count). The summed E-state index contributed by atoms with van der Waals surface area (Å²) in [5, 5.41) is 8.87. The molecular formula is C12H21NO2. The molecule has 1 aliphatic carbocycles. The average molecular weight is 211 g/mol. The molecule has 86 valence electrons. The Morgan fingerprint density at radius 2 is 2.33 bits per heavy atom. The van der Waals surface area contributed by atoms with Crippen LogP contribution in [0.2, 0.25) is 0 Å². The Labute approximate surface area is 91.8 Å². The third-order valence-electron chi connectivity index (χ3n) is 2.77. The minimum atomic E-state index is 0.0618. The molecule has 1 unspecified atom stereocenters. The minimum Gasteiger partial charge on any atom is -0.395 e. The first-order valence-electron chi connectivity index (χ1n) is 5.83. The summed E-state index contributed by atoms with van der Waals surface area (Å²) < 4.78 is 0. The van der Waals surface area contributed by atoms with Gasteiger partial charge in [-0.2, -0.15) is 0 Å². The summed E-state index contributed by atoms with van der Waals surface area (Å²) in [7, 11) is 0. The van der Waals surface area contributed by atoms with Gasteiger partial charge in [-0.1, -0.05) is 19.1 Å². The summed E-state index contributed by atoms with van der Waals surface area (Å²) in [6, 6.07) is 0. The Morgan fingerprint density at radius 1 is 1.53 bits per heavy atom. The first kappa shape index (κ1) is 12.2. The maximum atomic E-state index is 11.9. The number of carbonyl (C=O) groups excluding carboxylic acids is 1. The molecule has 0 aromatic rings. The zero-order valence-electron chi connectivity index (χ0n) is 9.48. The van der Waals surface area contributed by atoms with E-state index in [1.54, 1.807) is 4.90 Å². The van der Waals surface area contributed by atoms with Gasteiger partial charge in [-0.25, -0.2) is 0 Å². The molecule has 1 amide bonds. The van der Waals surface area contributed by atoms with Crippen molar-refractivity contribution in [3.63, 3.8) is 0 Å². The van der Waals surface area contributed by atoms with Crippen molar-refractivity contribution in [1.82, 2.24) is 4.90 Å². The lowest BCUT2D eigenvalue weighted by Gasteiger charge is -2.22. The number of rotatable bonds is 6. The molecule has 3 heteroatoms. The topological polar surface area (TPSA) is 40.5 Å². The van der Waals surface area contributed by atoms with Gasteiger partial charge in [0.05, 0.1) is 6.61 Å². The molecular weight excluding hydrogens is 190 g/mol. The van der Waals surface area contributed by atoms with Crippen LogP contribution in [0.1, 0.15) is 32.6 Å². The molecule has 0 saturated heterocycles. The van der Waals surface area contributed by atoms with Gasteiger partial charge in [-0.3, -0.25) is 4.79 Å². The third-order valence-corrected chi connectivity index (χ3v) is 2.77. The van der Waals surface area contributed by atoms with E-state index < -0.39 is 0 Å².